The van der Waals surface area contributed by atoms with Gasteiger partial charge >= 0.3 is 0 Å². The van der Waals surface area contributed by atoms with Crippen LogP contribution in [0.3, 0.4) is 0 Å². The molecule has 5 nitrogen and oxygen atoms in total. The average Bonchev–Trinajstić information content (AvgIpc) is 3.23. The van der Waals surface area contributed by atoms with E-state index in [9.17, 15) is 8.42 Å². The van der Waals surface area contributed by atoms with Crippen LogP contribution in [-0.4, -0.2) is 43.4 Å². The summed E-state index contributed by atoms with van der Waals surface area (Å²) in [6.07, 6.45) is 3.32. The molecule has 1 aliphatic heterocycles. The van der Waals surface area contributed by atoms with Crippen LogP contribution in [0.5, 0.6) is 0 Å². The lowest BCUT2D eigenvalue weighted by atomic mass is 10.4. The molecule has 1 aliphatic carbocycles. The number of furan rings is 1. The number of rotatable bonds is 5. The van der Waals surface area contributed by atoms with Gasteiger partial charge in [-0.3, -0.25) is 0 Å². The minimum Gasteiger partial charge on any atom is -0.464 e. The molecule has 1 saturated carbocycles. The maximum Gasteiger partial charge on any atom is 0.246 e. The maximum atomic E-state index is 12.8. The lowest BCUT2D eigenvalue weighted by Crippen LogP contribution is -2.33. The molecule has 2 heterocycles. The van der Waals surface area contributed by atoms with Crippen molar-refractivity contribution in [3.63, 3.8) is 0 Å². The Morgan fingerprint density at radius 3 is 2.95 bits per heavy atom. The highest BCUT2D eigenvalue weighted by molar-refractivity contribution is 7.99. The minimum absolute atomic E-state index is 0.335. The van der Waals surface area contributed by atoms with E-state index in [-0.39, 0.29) is 0 Å². The highest BCUT2D eigenvalue weighted by Gasteiger charge is 2.29. The number of sulfonamides is 1. The van der Waals surface area contributed by atoms with Crippen molar-refractivity contribution in [2.24, 2.45) is 0 Å². The van der Waals surface area contributed by atoms with E-state index in [0.717, 1.165) is 17.9 Å². The minimum atomic E-state index is -3.42. The molecule has 7 heteroatoms. The molecule has 0 radical (unpaired) electrons. The Hall–Kier alpha value is -0.500. The van der Waals surface area contributed by atoms with Crippen molar-refractivity contribution in [2.75, 3.05) is 24.6 Å². The summed E-state index contributed by atoms with van der Waals surface area (Å²) in [6.45, 7) is 3.54. The van der Waals surface area contributed by atoms with Crippen LogP contribution in [0.4, 0.5) is 0 Å². The Bertz CT molecular complexity index is 585. The van der Waals surface area contributed by atoms with Gasteiger partial charge in [0.05, 0.1) is 6.54 Å². The fourth-order valence-electron chi connectivity index (χ4n) is 2.50. The van der Waals surface area contributed by atoms with Crippen LogP contribution in [0.15, 0.2) is 15.4 Å². The Morgan fingerprint density at radius 1 is 1.38 bits per heavy atom. The smallest absolute Gasteiger partial charge is 0.246 e. The molecule has 118 valence electrons. The predicted molar refractivity (Wildman–Crippen MR) is 84.0 cm³/mol. The summed E-state index contributed by atoms with van der Waals surface area (Å²) in [5.74, 6) is 3.11. The van der Waals surface area contributed by atoms with Crippen LogP contribution < -0.4 is 5.32 Å². The SMILES string of the molecule is Cc1oc(CNC2CC2)cc1S(=O)(=O)N1CCCSCC1. The summed E-state index contributed by atoms with van der Waals surface area (Å²) < 4.78 is 32.7. The van der Waals surface area contributed by atoms with Crippen LogP contribution in [0, 0.1) is 6.92 Å². The molecule has 0 unspecified atom stereocenters. The number of aryl methyl sites for hydroxylation is 1. The third kappa shape index (κ3) is 3.64. The maximum absolute atomic E-state index is 12.8. The molecule has 2 fully saturated rings. The average molecular weight is 330 g/mol. The third-order valence-electron chi connectivity index (χ3n) is 3.86. The number of thioether (sulfide) groups is 1. The number of hydrogen-bond acceptors (Lipinski definition) is 5. The van der Waals surface area contributed by atoms with Crippen molar-refractivity contribution in [2.45, 2.75) is 43.7 Å². The van der Waals surface area contributed by atoms with E-state index in [1.165, 1.54) is 12.8 Å². The van der Waals surface area contributed by atoms with E-state index in [1.54, 1.807) is 17.3 Å². The van der Waals surface area contributed by atoms with Gasteiger partial charge in [-0.15, -0.1) is 0 Å². The van der Waals surface area contributed by atoms with E-state index in [2.05, 4.69) is 5.32 Å². The molecule has 0 atom stereocenters. The van der Waals surface area contributed by atoms with E-state index >= 15 is 0 Å². The Morgan fingerprint density at radius 2 is 2.19 bits per heavy atom. The number of nitrogens with one attached hydrogen (secondary N) is 1. The van der Waals surface area contributed by atoms with Crippen LogP contribution in [0.1, 0.15) is 30.8 Å². The summed E-state index contributed by atoms with van der Waals surface area (Å²) in [4.78, 5) is 0.335. The summed E-state index contributed by atoms with van der Waals surface area (Å²) >= 11 is 1.82. The molecule has 0 spiro atoms. The second kappa shape index (κ2) is 6.32. The van der Waals surface area contributed by atoms with Crippen LogP contribution in [-0.2, 0) is 16.6 Å². The second-order valence-electron chi connectivity index (χ2n) is 5.66. The Kier molecular flexibility index (Phi) is 4.63. The first-order chi connectivity index (χ1) is 10.1. The van der Waals surface area contributed by atoms with Gasteiger partial charge < -0.3 is 9.73 Å². The zero-order chi connectivity index (χ0) is 14.9. The van der Waals surface area contributed by atoms with Crippen LogP contribution in [0.2, 0.25) is 0 Å². The summed E-state index contributed by atoms with van der Waals surface area (Å²) in [5.41, 5.74) is 0. The molecule has 0 amide bonds. The zero-order valence-corrected chi connectivity index (χ0v) is 13.9. The Labute approximate surface area is 130 Å². The monoisotopic (exact) mass is 330 g/mol. The van der Waals surface area contributed by atoms with Crippen molar-refractivity contribution in [1.82, 2.24) is 9.62 Å². The van der Waals surface area contributed by atoms with E-state index in [1.807, 2.05) is 11.8 Å². The summed E-state index contributed by atoms with van der Waals surface area (Å²) in [6, 6.07) is 2.27. The Balaban J connectivity index is 1.76. The van der Waals surface area contributed by atoms with Crippen molar-refractivity contribution >= 4 is 21.8 Å². The number of hydrogen-bond donors (Lipinski definition) is 1. The van der Waals surface area contributed by atoms with Crippen molar-refractivity contribution < 1.29 is 12.8 Å². The quantitative estimate of drug-likeness (QED) is 0.894. The van der Waals surface area contributed by atoms with Gasteiger partial charge in [-0.1, -0.05) is 0 Å². The molecular formula is C14H22N2O3S2. The van der Waals surface area contributed by atoms with Gasteiger partial charge in [-0.05, 0) is 31.9 Å². The summed E-state index contributed by atoms with van der Waals surface area (Å²) in [5, 5.41) is 3.35. The van der Waals surface area contributed by atoms with Crippen LogP contribution >= 0.6 is 11.8 Å². The van der Waals surface area contributed by atoms with E-state index in [0.29, 0.717) is 42.1 Å². The fourth-order valence-corrected chi connectivity index (χ4v) is 5.17. The first-order valence-corrected chi connectivity index (χ1v) is 10.1. The molecule has 21 heavy (non-hydrogen) atoms. The first kappa shape index (κ1) is 15.4. The highest BCUT2D eigenvalue weighted by atomic mass is 32.2. The highest BCUT2D eigenvalue weighted by Crippen LogP contribution is 2.26. The van der Waals surface area contributed by atoms with E-state index < -0.39 is 10.0 Å². The van der Waals surface area contributed by atoms with Crippen LogP contribution in [0.25, 0.3) is 0 Å². The largest absolute Gasteiger partial charge is 0.464 e. The van der Waals surface area contributed by atoms with Gasteiger partial charge in [-0.2, -0.15) is 16.1 Å². The van der Waals surface area contributed by atoms with Gasteiger partial charge in [0.15, 0.2) is 0 Å². The van der Waals surface area contributed by atoms with Gasteiger partial charge in [0, 0.05) is 31.0 Å². The standard InChI is InChI=1S/C14H22N2O3S2/c1-11-14(9-13(19-11)10-15-12-3-4-12)21(17,18)16-5-2-7-20-8-6-16/h9,12,15H,2-8,10H2,1H3. The molecular weight excluding hydrogens is 308 g/mol. The summed E-state index contributed by atoms with van der Waals surface area (Å²) in [7, 11) is -3.42. The fraction of sp³-hybridized carbons (Fsp3) is 0.714. The lowest BCUT2D eigenvalue weighted by Gasteiger charge is -2.18. The molecule has 0 aromatic carbocycles. The van der Waals surface area contributed by atoms with Crippen molar-refractivity contribution in [1.29, 1.82) is 0 Å². The second-order valence-corrected chi connectivity index (χ2v) is 8.79. The topological polar surface area (TPSA) is 62.6 Å². The lowest BCUT2D eigenvalue weighted by molar-refractivity contribution is 0.429. The molecule has 2 aliphatic rings. The predicted octanol–water partition coefficient (Wildman–Crippen LogP) is 1.97. The molecule has 3 rings (SSSR count). The molecule has 1 N–H and O–H groups in total. The van der Waals surface area contributed by atoms with Gasteiger partial charge in [0.25, 0.3) is 0 Å². The molecule has 1 aromatic heterocycles. The van der Waals surface area contributed by atoms with E-state index in [4.69, 9.17) is 4.42 Å². The molecule has 1 aromatic rings. The molecule has 0 bridgehead atoms. The first-order valence-electron chi connectivity index (χ1n) is 7.48. The van der Waals surface area contributed by atoms with Crippen molar-refractivity contribution in [3.8, 4) is 0 Å². The third-order valence-corrected chi connectivity index (χ3v) is 6.92. The van der Waals surface area contributed by atoms with Gasteiger partial charge in [-0.25, -0.2) is 8.42 Å². The molecule has 1 saturated heterocycles. The number of nitrogens with zero attached hydrogens (tertiary/aromatic N) is 1. The van der Waals surface area contributed by atoms with Gasteiger partial charge in [0.1, 0.15) is 16.4 Å². The zero-order valence-electron chi connectivity index (χ0n) is 12.3. The van der Waals surface area contributed by atoms with Gasteiger partial charge in [0.2, 0.25) is 10.0 Å². The van der Waals surface area contributed by atoms with Crippen molar-refractivity contribution in [3.05, 3.63) is 17.6 Å². The normalized spacial score (nSPS) is 21.4.